The van der Waals surface area contributed by atoms with Gasteiger partial charge in [-0.2, -0.15) is 0 Å². The average Bonchev–Trinajstić information content (AvgIpc) is 2.76. The molecular weight excluding hydrogens is 460 g/mol. The molecule has 1 aliphatic carbocycles. The fraction of sp³-hybridized carbons (Fsp3) is 0.360. The maximum absolute atomic E-state index is 13.8. The molecule has 34 heavy (non-hydrogen) atoms. The van der Waals surface area contributed by atoms with Gasteiger partial charge in [-0.15, -0.1) is 0 Å². The lowest BCUT2D eigenvalue weighted by molar-refractivity contribution is 0.413. The fourth-order valence-corrected chi connectivity index (χ4v) is 5.45. The highest BCUT2D eigenvalue weighted by Gasteiger charge is 2.35. The van der Waals surface area contributed by atoms with Crippen molar-refractivity contribution in [1.29, 1.82) is 0 Å². The molecule has 0 amide bonds. The normalized spacial score (nSPS) is 18.2. The third kappa shape index (κ3) is 5.10. The lowest BCUT2D eigenvalue weighted by atomic mass is 9.78. The molecule has 0 radical (unpaired) electrons. The Balaban J connectivity index is 1.77. The molecule has 4 rings (SSSR count). The quantitative estimate of drug-likeness (QED) is 0.571. The standard InChI is InChI=1S/C25H27F2N3O3S/c1-15(2)30-14-28-23-10-9-22(29-34(3,32)33)19(24(23)25(30)31)12-16-5-4-6-17(11-16)18-7-8-20(26)21(27)13-18/h4-8,11,13-15,19,22,29H,9-10,12H2,1-3H3. The first-order chi connectivity index (χ1) is 16.0. The molecule has 0 spiro atoms. The highest BCUT2D eigenvalue weighted by molar-refractivity contribution is 7.88. The summed E-state index contributed by atoms with van der Waals surface area (Å²) in [4.78, 5) is 17.9. The van der Waals surface area contributed by atoms with Crippen molar-refractivity contribution in [1.82, 2.24) is 14.3 Å². The number of aromatic nitrogens is 2. The summed E-state index contributed by atoms with van der Waals surface area (Å²) in [6.45, 7) is 3.79. The highest BCUT2D eigenvalue weighted by Crippen LogP contribution is 2.33. The Kier molecular flexibility index (Phi) is 6.69. The van der Waals surface area contributed by atoms with E-state index in [0.29, 0.717) is 41.6 Å². The maximum Gasteiger partial charge on any atom is 0.257 e. The van der Waals surface area contributed by atoms with Gasteiger partial charge in [0.05, 0.1) is 18.3 Å². The predicted molar refractivity (Wildman–Crippen MR) is 127 cm³/mol. The van der Waals surface area contributed by atoms with Crippen LogP contribution in [0.4, 0.5) is 8.78 Å². The van der Waals surface area contributed by atoms with Crippen molar-refractivity contribution in [2.75, 3.05) is 6.26 Å². The molecule has 0 saturated carbocycles. The SMILES string of the molecule is CC(C)n1cnc2c(c1=O)C(Cc1cccc(-c3ccc(F)c(F)c3)c1)C(NS(C)(=O)=O)CC2. The van der Waals surface area contributed by atoms with Gasteiger partial charge < -0.3 is 0 Å². The molecule has 1 aromatic heterocycles. The highest BCUT2D eigenvalue weighted by atomic mass is 32.2. The maximum atomic E-state index is 13.8. The lowest BCUT2D eigenvalue weighted by Crippen LogP contribution is -2.45. The Bertz CT molecular complexity index is 1390. The predicted octanol–water partition coefficient (Wildman–Crippen LogP) is 3.96. The minimum atomic E-state index is -3.51. The molecule has 0 saturated heterocycles. The van der Waals surface area contributed by atoms with Crippen LogP contribution in [0.25, 0.3) is 11.1 Å². The van der Waals surface area contributed by atoms with E-state index in [2.05, 4.69) is 9.71 Å². The van der Waals surface area contributed by atoms with Crippen LogP contribution in [0.3, 0.4) is 0 Å². The second-order valence-corrected chi connectivity index (χ2v) is 10.9. The van der Waals surface area contributed by atoms with Crippen LogP contribution in [0.2, 0.25) is 0 Å². The van der Waals surface area contributed by atoms with Crippen molar-refractivity contribution >= 4 is 10.0 Å². The molecule has 1 N–H and O–H groups in total. The summed E-state index contributed by atoms with van der Waals surface area (Å²) >= 11 is 0. The third-order valence-electron chi connectivity index (χ3n) is 6.22. The minimum absolute atomic E-state index is 0.0918. The molecule has 6 nitrogen and oxygen atoms in total. The number of nitrogens with one attached hydrogen (secondary N) is 1. The van der Waals surface area contributed by atoms with E-state index >= 15 is 0 Å². The van der Waals surface area contributed by atoms with Gasteiger partial charge in [0.2, 0.25) is 10.0 Å². The smallest absolute Gasteiger partial charge is 0.257 e. The van der Waals surface area contributed by atoms with E-state index in [1.165, 1.54) is 6.07 Å². The Morgan fingerprint density at radius 3 is 2.53 bits per heavy atom. The van der Waals surface area contributed by atoms with Crippen molar-refractivity contribution in [2.45, 2.75) is 51.1 Å². The van der Waals surface area contributed by atoms with Crippen molar-refractivity contribution in [2.24, 2.45) is 0 Å². The number of hydrogen-bond acceptors (Lipinski definition) is 4. The molecule has 0 fully saturated rings. The number of halogens is 2. The van der Waals surface area contributed by atoms with Gasteiger partial charge >= 0.3 is 0 Å². The molecule has 1 aliphatic rings. The van der Waals surface area contributed by atoms with Gasteiger partial charge in [0.25, 0.3) is 5.56 Å². The van der Waals surface area contributed by atoms with E-state index in [-0.39, 0.29) is 11.6 Å². The van der Waals surface area contributed by atoms with E-state index in [1.807, 2.05) is 32.0 Å². The second kappa shape index (κ2) is 9.38. The summed E-state index contributed by atoms with van der Waals surface area (Å²) in [5.74, 6) is -2.27. The van der Waals surface area contributed by atoms with Gasteiger partial charge in [-0.1, -0.05) is 30.3 Å². The van der Waals surface area contributed by atoms with Gasteiger partial charge in [-0.25, -0.2) is 26.9 Å². The summed E-state index contributed by atoms with van der Waals surface area (Å²) in [5, 5.41) is 0. The molecule has 2 atom stereocenters. The van der Waals surface area contributed by atoms with Crippen molar-refractivity contribution in [3.8, 4) is 11.1 Å². The van der Waals surface area contributed by atoms with Crippen molar-refractivity contribution in [3.05, 3.63) is 87.6 Å². The Labute approximate surface area is 197 Å². The molecule has 3 aromatic rings. The molecule has 9 heteroatoms. The zero-order valence-corrected chi connectivity index (χ0v) is 20.1. The van der Waals surface area contributed by atoms with Gasteiger partial charge in [0.1, 0.15) is 0 Å². The van der Waals surface area contributed by atoms with Gasteiger partial charge in [0.15, 0.2) is 11.6 Å². The summed E-state index contributed by atoms with van der Waals surface area (Å²) in [7, 11) is -3.51. The summed E-state index contributed by atoms with van der Waals surface area (Å²) < 4.78 is 55.6. The third-order valence-corrected chi connectivity index (χ3v) is 6.95. The Morgan fingerprint density at radius 1 is 1.12 bits per heavy atom. The second-order valence-electron chi connectivity index (χ2n) is 9.09. The van der Waals surface area contributed by atoms with E-state index in [4.69, 9.17) is 0 Å². The first-order valence-corrected chi connectivity index (χ1v) is 13.0. The topological polar surface area (TPSA) is 81.1 Å². The molecule has 0 bridgehead atoms. The number of fused-ring (bicyclic) bond motifs is 1. The van der Waals surface area contributed by atoms with E-state index in [9.17, 15) is 22.0 Å². The van der Waals surface area contributed by atoms with Crippen LogP contribution in [0, 0.1) is 11.6 Å². The van der Waals surface area contributed by atoms with E-state index in [0.717, 1.165) is 24.0 Å². The monoisotopic (exact) mass is 487 g/mol. The molecule has 180 valence electrons. The molecule has 1 heterocycles. The summed E-state index contributed by atoms with van der Waals surface area (Å²) in [6, 6.07) is 10.5. The number of rotatable bonds is 6. The summed E-state index contributed by atoms with van der Waals surface area (Å²) in [6.07, 6.45) is 4.07. The number of hydrogen-bond donors (Lipinski definition) is 1. The Hall–Kier alpha value is -2.91. The zero-order chi connectivity index (χ0) is 24.6. The van der Waals surface area contributed by atoms with E-state index < -0.39 is 33.6 Å². The summed E-state index contributed by atoms with van der Waals surface area (Å²) in [5.41, 5.74) is 3.13. The Morgan fingerprint density at radius 2 is 1.85 bits per heavy atom. The van der Waals surface area contributed by atoms with Crippen LogP contribution >= 0.6 is 0 Å². The molecule has 2 unspecified atom stereocenters. The van der Waals surface area contributed by atoms with Crippen molar-refractivity contribution < 1.29 is 17.2 Å². The van der Waals surface area contributed by atoms with Crippen LogP contribution < -0.4 is 10.3 Å². The number of aryl methyl sites for hydroxylation is 1. The van der Waals surface area contributed by atoms with Gasteiger partial charge in [-0.3, -0.25) is 9.36 Å². The largest absolute Gasteiger partial charge is 0.296 e. The van der Waals surface area contributed by atoms with Crippen LogP contribution in [0.1, 0.15) is 49.0 Å². The first kappa shape index (κ1) is 24.2. The molecular formula is C25H27F2N3O3S. The van der Waals surface area contributed by atoms with Crippen LogP contribution in [0.15, 0.2) is 53.6 Å². The number of sulfonamides is 1. The minimum Gasteiger partial charge on any atom is -0.296 e. The van der Waals surface area contributed by atoms with Gasteiger partial charge in [0, 0.05) is 23.6 Å². The average molecular weight is 488 g/mol. The molecule has 2 aromatic carbocycles. The zero-order valence-electron chi connectivity index (χ0n) is 19.3. The van der Waals surface area contributed by atoms with Gasteiger partial charge in [-0.05, 0) is 61.9 Å². The number of benzene rings is 2. The van der Waals surface area contributed by atoms with Crippen LogP contribution in [0.5, 0.6) is 0 Å². The first-order valence-electron chi connectivity index (χ1n) is 11.1. The van der Waals surface area contributed by atoms with Crippen LogP contribution in [-0.2, 0) is 22.9 Å². The number of nitrogens with zero attached hydrogens (tertiary/aromatic N) is 2. The lowest BCUT2D eigenvalue weighted by Gasteiger charge is -2.33. The van der Waals surface area contributed by atoms with E-state index in [1.54, 1.807) is 17.0 Å². The van der Waals surface area contributed by atoms with Crippen LogP contribution in [-0.4, -0.2) is 30.3 Å². The fourth-order valence-electron chi connectivity index (χ4n) is 4.62. The molecule has 0 aliphatic heterocycles. The van der Waals surface area contributed by atoms with Crippen molar-refractivity contribution in [3.63, 3.8) is 0 Å².